The third kappa shape index (κ3) is 2.60. The number of aryl methyl sites for hydroxylation is 1. The van der Waals surface area contributed by atoms with Crippen LogP contribution in [0.3, 0.4) is 0 Å². The second kappa shape index (κ2) is 4.81. The lowest BCUT2D eigenvalue weighted by atomic mass is 10.1. The van der Waals surface area contributed by atoms with Crippen LogP contribution in [0.4, 0.5) is 0 Å². The van der Waals surface area contributed by atoms with Crippen molar-refractivity contribution in [1.29, 1.82) is 0 Å². The molecule has 5 heteroatoms. The molecule has 0 aliphatic carbocycles. The van der Waals surface area contributed by atoms with Gasteiger partial charge in [-0.05, 0) is 37.7 Å². The Balaban J connectivity index is 1.84. The van der Waals surface area contributed by atoms with Crippen LogP contribution in [-0.2, 0) is 4.74 Å². The highest BCUT2D eigenvalue weighted by Gasteiger charge is 2.19. The number of carbonyl (C=O) groups is 1. The minimum absolute atomic E-state index is 0.151. The smallest absolute Gasteiger partial charge is 0.176 e. The van der Waals surface area contributed by atoms with Crippen molar-refractivity contribution in [3.63, 3.8) is 0 Å². The first kappa shape index (κ1) is 10.7. The first-order valence-electron chi connectivity index (χ1n) is 5.21. The molecule has 1 fully saturated rings. The highest BCUT2D eigenvalue weighted by molar-refractivity contribution is 7.08. The molecule has 15 heavy (non-hydrogen) atoms. The average Bonchev–Trinajstić information content (AvgIpc) is 2.84. The third-order valence-corrected chi connectivity index (χ3v) is 3.49. The highest BCUT2D eigenvalue weighted by Crippen LogP contribution is 2.19. The Bertz CT molecular complexity index is 345. The first-order chi connectivity index (χ1) is 7.27. The minimum Gasteiger partial charge on any atom is -0.378 e. The Hall–Kier alpha value is -0.810. The van der Waals surface area contributed by atoms with Crippen LogP contribution in [-0.4, -0.2) is 28.1 Å². The van der Waals surface area contributed by atoms with Gasteiger partial charge in [0.05, 0.1) is 11.8 Å². The molecule has 2 heterocycles. The summed E-state index contributed by atoms with van der Waals surface area (Å²) in [5.41, 5.74) is 0.748. The number of aromatic nitrogens is 2. The van der Waals surface area contributed by atoms with E-state index in [1.165, 1.54) is 11.5 Å². The summed E-state index contributed by atoms with van der Waals surface area (Å²) in [7, 11) is 0. The standard InChI is InChI=1S/C10H14N2O2S/c1-7-10(15-12-11-7)9(13)5-4-8-3-2-6-14-8/h8H,2-6H2,1H3. The molecule has 0 N–H and O–H groups in total. The van der Waals surface area contributed by atoms with Crippen LogP contribution in [0.15, 0.2) is 0 Å². The van der Waals surface area contributed by atoms with Gasteiger partial charge in [-0.1, -0.05) is 4.49 Å². The Morgan fingerprint density at radius 1 is 1.67 bits per heavy atom. The Morgan fingerprint density at radius 2 is 2.53 bits per heavy atom. The molecule has 2 rings (SSSR count). The van der Waals surface area contributed by atoms with E-state index < -0.39 is 0 Å². The van der Waals surface area contributed by atoms with Crippen LogP contribution in [0.25, 0.3) is 0 Å². The molecular weight excluding hydrogens is 212 g/mol. The van der Waals surface area contributed by atoms with Crippen molar-refractivity contribution in [1.82, 2.24) is 9.59 Å². The van der Waals surface area contributed by atoms with Gasteiger partial charge in [-0.3, -0.25) is 4.79 Å². The maximum absolute atomic E-state index is 11.8. The van der Waals surface area contributed by atoms with Crippen LogP contribution < -0.4 is 0 Å². The van der Waals surface area contributed by atoms with Gasteiger partial charge in [-0.25, -0.2) is 0 Å². The summed E-state index contributed by atoms with van der Waals surface area (Å²) >= 11 is 1.19. The van der Waals surface area contributed by atoms with E-state index in [0.29, 0.717) is 11.3 Å². The molecular formula is C10H14N2O2S. The predicted molar refractivity (Wildman–Crippen MR) is 57.2 cm³/mol. The van der Waals surface area contributed by atoms with Gasteiger partial charge in [0.1, 0.15) is 4.88 Å². The molecule has 1 saturated heterocycles. The quantitative estimate of drug-likeness (QED) is 0.737. The van der Waals surface area contributed by atoms with Gasteiger partial charge in [0, 0.05) is 13.0 Å². The molecule has 4 nitrogen and oxygen atoms in total. The monoisotopic (exact) mass is 226 g/mol. The fourth-order valence-corrected chi connectivity index (χ4v) is 2.39. The van der Waals surface area contributed by atoms with Gasteiger partial charge in [0.15, 0.2) is 5.78 Å². The zero-order chi connectivity index (χ0) is 10.7. The molecule has 0 saturated carbocycles. The van der Waals surface area contributed by atoms with Crippen LogP contribution in [0.2, 0.25) is 0 Å². The van der Waals surface area contributed by atoms with Gasteiger partial charge in [0.25, 0.3) is 0 Å². The van der Waals surface area contributed by atoms with Crippen molar-refractivity contribution in [3.05, 3.63) is 10.6 Å². The van der Waals surface area contributed by atoms with Crippen molar-refractivity contribution in [2.45, 2.75) is 38.7 Å². The number of rotatable bonds is 4. The number of hydrogen-bond donors (Lipinski definition) is 0. The molecule has 0 aromatic carbocycles. The maximum Gasteiger partial charge on any atom is 0.176 e. The molecule has 82 valence electrons. The van der Waals surface area contributed by atoms with Crippen molar-refractivity contribution in [3.8, 4) is 0 Å². The summed E-state index contributed by atoms with van der Waals surface area (Å²) in [4.78, 5) is 12.5. The second-order valence-electron chi connectivity index (χ2n) is 3.78. The summed E-state index contributed by atoms with van der Waals surface area (Å²) in [6.45, 7) is 2.67. The van der Waals surface area contributed by atoms with E-state index in [9.17, 15) is 4.79 Å². The van der Waals surface area contributed by atoms with E-state index in [0.717, 1.165) is 31.6 Å². The Morgan fingerprint density at radius 3 is 3.13 bits per heavy atom. The molecule has 1 aromatic rings. The number of carbonyl (C=O) groups excluding carboxylic acids is 1. The van der Waals surface area contributed by atoms with Crippen LogP contribution in [0.5, 0.6) is 0 Å². The molecule has 1 aliphatic heterocycles. The van der Waals surface area contributed by atoms with E-state index in [1.54, 1.807) is 0 Å². The number of ether oxygens (including phenoxy) is 1. The van der Waals surface area contributed by atoms with Crippen molar-refractivity contribution in [2.24, 2.45) is 0 Å². The lowest BCUT2D eigenvalue weighted by Gasteiger charge is -2.06. The summed E-state index contributed by atoms with van der Waals surface area (Å²) in [6, 6.07) is 0. The van der Waals surface area contributed by atoms with Gasteiger partial charge < -0.3 is 4.74 Å². The van der Waals surface area contributed by atoms with Gasteiger partial charge in [-0.15, -0.1) is 5.10 Å². The number of hydrogen-bond acceptors (Lipinski definition) is 5. The van der Waals surface area contributed by atoms with Crippen LogP contribution >= 0.6 is 11.5 Å². The Kier molecular flexibility index (Phi) is 3.43. The van der Waals surface area contributed by atoms with E-state index in [2.05, 4.69) is 9.59 Å². The first-order valence-corrected chi connectivity index (χ1v) is 5.98. The highest BCUT2D eigenvalue weighted by atomic mass is 32.1. The number of nitrogens with zero attached hydrogens (tertiary/aromatic N) is 2. The SMILES string of the molecule is Cc1nnsc1C(=O)CCC1CCCO1. The van der Waals surface area contributed by atoms with Crippen molar-refractivity contribution < 1.29 is 9.53 Å². The molecule has 1 aromatic heterocycles. The van der Waals surface area contributed by atoms with Gasteiger partial charge in [-0.2, -0.15) is 0 Å². The van der Waals surface area contributed by atoms with Crippen LogP contribution in [0, 0.1) is 6.92 Å². The van der Waals surface area contributed by atoms with Crippen molar-refractivity contribution >= 4 is 17.3 Å². The minimum atomic E-state index is 0.151. The molecule has 0 bridgehead atoms. The third-order valence-electron chi connectivity index (χ3n) is 2.62. The molecule has 0 spiro atoms. The van der Waals surface area contributed by atoms with E-state index >= 15 is 0 Å². The topological polar surface area (TPSA) is 52.1 Å². The van der Waals surface area contributed by atoms with Gasteiger partial charge in [0.2, 0.25) is 0 Å². The zero-order valence-corrected chi connectivity index (χ0v) is 9.55. The van der Waals surface area contributed by atoms with E-state index in [-0.39, 0.29) is 11.9 Å². The predicted octanol–water partition coefficient (Wildman–Crippen LogP) is 1.99. The summed E-state index contributed by atoms with van der Waals surface area (Å²) in [5, 5.41) is 3.83. The molecule has 1 atom stereocenters. The van der Waals surface area contributed by atoms with E-state index in [1.807, 2.05) is 6.92 Å². The van der Waals surface area contributed by atoms with E-state index in [4.69, 9.17) is 4.74 Å². The normalized spacial score (nSPS) is 20.7. The lowest BCUT2D eigenvalue weighted by Crippen LogP contribution is -2.08. The summed E-state index contributed by atoms with van der Waals surface area (Å²) in [6.07, 6.45) is 3.88. The number of ketones is 1. The summed E-state index contributed by atoms with van der Waals surface area (Å²) in [5.74, 6) is 0.151. The zero-order valence-electron chi connectivity index (χ0n) is 8.73. The fraction of sp³-hybridized carbons (Fsp3) is 0.700. The number of Topliss-reactive ketones (excluding diaryl/α,β-unsaturated/α-hetero) is 1. The summed E-state index contributed by atoms with van der Waals surface area (Å²) < 4.78 is 9.23. The fourth-order valence-electron chi connectivity index (χ4n) is 1.76. The maximum atomic E-state index is 11.8. The molecule has 0 amide bonds. The molecule has 1 aliphatic rings. The average molecular weight is 226 g/mol. The largest absolute Gasteiger partial charge is 0.378 e. The molecule has 1 unspecified atom stereocenters. The van der Waals surface area contributed by atoms with Crippen molar-refractivity contribution in [2.75, 3.05) is 6.61 Å². The second-order valence-corrected chi connectivity index (χ2v) is 4.54. The van der Waals surface area contributed by atoms with Gasteiger partial charge >= 0.3 is 0 Å². The lowest BCUT2D eigenvalue weighted by molar-refractivity contribution is 0.0861. The molecule has 0 radical (unpaired) electrons. The Labute approximate surface area is 92.8 Å². The van der Waals surface area contributed by atoms with Crippen LogP contribution in [0.1, 0.15) is 41.0 Å².